The summed E-state index contributed by atoms with van der Waals surface area (Å²) in [5, 5.41) is 3.42. The largest absolute Gasteiger partial charge is 0.112 e. The van der Waals surface area contributed by atoms with Crippen LogP contribution in [0.5, 0.6) is 0 Å². The van der Waals surface area contributed by atoms with Crippen molar-refractivity contribution in [2.24, 2.45) is 0 Å². The molecule has 0 aromatic heterocycles. The average Bonchev–Trinajstić information content (AvgIpc) is 2.71. The van der Waals surface area contributed by atoms with Gasteiger partial charge in [-0.3, -0.25) is 0 Å². The van der Waals surface area contributed by atoms with E-state index in [4.69, 9.17) is 0 Å². The Morgan fingerprint density at radius 3 is 1.35 bits per heavy atom. The Kier molecular flexibility index (Phi) is 3.07. The Morgan fingerprint density at radius 2 is 1.12 bits per heavy atom. The SMILES string of the molecule is CC1=CCC(C)=C1[Si](C)(C)C1=C(C)CC=C1C. The summed E-state index contributed by atoms with van der Waals surface area (Å²) in [7, 11) is -1.47. The maximum absolute atomic E-state index is 2.52. The molecule has 0 nitrogen and oxygen atoms in total. The second kappa shape index (κ2) is 4.13. The van der Waals surface area contributed by atoms with Crippen molar-refractivity contribution in [2.75, 3.05) is 0 Å². The molecule has 0 saturated heterocycles. The van der Waals surface area contributed by atoms with Gasteiger partial charge in [0.2, 0.25) is 0 Å². The van der Waals surface area contributed by atoms with Gasteiger partial charge in [0.05, 0.1) is 0 Å². The van der Waals surface area contributed by atoms with Gasteiger partial charge in [-0.25, -0.2) is 0 Å². The lowest BCUT2D eigenvalue weighted by molar-refractivity contribution is 1.23. The van der Waals surface area contributed by atoms with Crippen LogP contribution < -0.4 is 0 Å². The normalized spacial score (nSPS) is 21.3. The monoisotopic (exact) mass is 244 g/mol. The Bertz CT molecular complexity index is 438. The molecule has 0 radical (unpaired) electrons. The fourth-order valence-electron chi connectivity index (χ4n) is 3.87. The van der Waals surface area contributed by atoms with E-state index in [1.807, 2.05) is 0 Å². The van der Waals surface area contributed by atoms with Crippen molar-refractivity contribution in [3.8, 4) is 0 Å². The van der Waals surface area contributed by atoms with Crippen LogP contribution in [0, 0.1) is 0 Å². The van der Waals surface area contributed by atoms with Crippen molar-refractivity contribution in [1.82, 2.24) is 0 Å². The average molecular weight is 244 g/mol. The molecule has 0 saturated carbocycles. The van der Waals surface area contributed by atoms with Crippen molar-refractivity contribution < 1.29 is 0 Å². The topological polar surface area (TPSA) is 0 Å². The molecule has 0 atom stereocenters. The number of rotatable bonds is 2. The highest BCUT2D eigenvalue weighted by atomic mass is 28.3. The minimum atomic E-state index is -1.47. The molecule has 2 rings (SSSR count). The van der Waals surface area contributed by atoms with E-state index in [0.717, 1.165) is 0 Å². The van der Waals surface area contributed by atoms with E-state index < -0.39 is 8.07 Å². The molecule has 0 aromatic rings. The summed E-state index contributed by atoms with van der Waals surface area (Å²) in [6, 6.07) is 0. The van der Waals surface area contributed by atoms with E-state index in [0.29, 0.717) is 0 Å². The summed E-state index contributed by atoms with van der Waals surface area (Å²) >= 11 is 0. The highest BCUT2D eigenvalue weighted by Crippen LogP contribution is 2.42. The zero-order chi connectivity index (χ0) is 12.8. The van der Waals surface area contributed by atoms with Gasteiger partial charge in [-0.2, -0.15) is 0 Å². The van der Waals surface area contributed by atoms with Crippen LogP contribution in [0.2, 0.25) is 13.1 Å². The predicted octanol–water partition coefficient (Wildman–Crippen LogP) is 5.11. The van der Waals surface area contributed by atoms with Crippen LogP contribution in [-0.4, -0.2) is 8.07 Å². The van der Waals surface area contributed by atoms with Gasteiger partial charge >= 0.3 is 0 Å². The summed E-state index contributed by atoms with van der Waals surface area (Å²) in [5.74, 6) is 0. The van der Waals surface area contributed by atoms with Crippen molar-refractivity contribution in [3.63, 3.8) is 0 Å². The standard InChI is InChI=1S/C16H24Si/c1-11-7-8-12(2)15(11)17(5,6)16-13(3)9-10-14(16)4/h7,9H,8,10H2,1-6H3. The molecule has 0 aromatic carbocycles. The van der Waals surface area contributed by atoms with Crippen LogP contribution in [0.15, 0.2) is 44.8 Å². The first-order chi connectivity index (χ1) is 7.85. The summed E-state index contributed by atoms with van der Waals surface area (Å²) < 4.78 is 0. The second-order valence-corrected chi connectivity index (χ2v) is 10.4. The van der Waals surface area contributed by atoms with E-state index in [1.165, 1.54) is 12.8 Å². The number of hydrogen-bond acceptors (Lipinski definition) is 0. The zero-order valence-electron chi connectivity index (χ0n) is 12.1. The first kappa shape index (κ1) is 12.6. The molecule has 0 spiro atoms. The van der Waals surface area contributed by atoms with Crippen LogP contribution >= 0.6 is 0 Å². The molecular formula is C16H24Si. The van der Waals surface area contributed by atoms with Crippen molar-refractivity contribution >= 4 is 8.07 Å². The summed E-state index contributed by atoms with van der Waals surface area (Å²) in [6.45, 7) is 14.3. The summed E-state index contributed by atoms with van der Waals surface area (Å²) in [4.78, 5) is 0. The lowest BCUT2D eigenvalue weighted by atomic mass is 10.2. The van der Waals surface area contributed by atoms with E-state index in [9.17, 15) is 0 Å². The minimum Gasteiger partial charge on any atom is -0.0776 e. The highest BCUT2D eigenvalue weighted by Gasteiger charge is 2.36. The van der Waals surface area contributed by atoms with Crippen LogP contribution in [0.4, 0.5) is 0 Å². The molecule has 0 N–H and O–H groups in total. The quantitative estimate of drug-likeness (QED) is 0.592. The van der Waals surface area contributed by atoms with Gasteiger partial charge in [-0.1, -0.05) is 57.9 Å². The Morgan fingerprint density at radius 1 is 0.765 bits per heavy atom. The predicted molar refractivity (Wildman–Crippen MR) is 79.6 cm³/mol. The van der Waals surface area contributed by atoms with Crippen LogP contribution in [0.1, 0.15) is 40.5 Å². The third kappa shape index (κ3) is 1.91. The minimum absolute atomic E-state index is 1.17. The summed E-state index contributed by atoms with van der Waals surface area (Å²) in [5.41, 5.74) is 6.30. The summed E-state index contributed by atoms with van der Waals surface area (Å²) in [6.07, 6.45) is 7.16. The van der Waals surface area contributed by atoms with Crippen molar-refractivity contribution in [1.29, 1.82) is 0 Å². The van der Waals surface area contributed by atoms with Gasteiger partial charge < -0.3 is 0 Å². The molecule has 2 aliphatic carbocycles. The Labute approximate surface area is 107 Å². The molecular weight excluding hydrogens is 220 g/mol. The molecule has 1 heteroatoms. The highest BCUT2D eigenvalue weighted by molar-refractivity contribution is 6.92. The van der Waals surface area contributed by atoms with Crippen molar-refractivity contribution in [3.05, 3.63) is 44.8 Å². The molecule has 0 amide bonds. The molecule has 0 fully saturated rings. The lowest BCUT2D eigenvalue weighted by Crippen LogP contribution is -2.34. The van der Waals surface area contributed by atoms with E-state index >= 15 is 0 Å². The number of allylic oxidation sites excluding steroid dienone is 8. The Balaban J connectivity index is 2.52. The van der Waals surface area contributed by atoms with Gasteiger partial charge in [-0.05, 0) is 40.5 Å². The van der Waals surface area contributed by atoms with Gasteiger partial charge in [0.15, 0.2) is 0 Å². The fraction of sp³-hybridized carbons (Fsp3) is 0.500. The smallest absolute Gasteiger partial charge is 0.0776 e. The lowest BCUT2D eigenvalue weighted by Gasteiger charge is -2.30. The van der Waals surface area contributed by atoms with Gasteiger partial charge in [0, 0.05) is 0 Å². The van der Waals surface area contributed by atoms with Crippen LogP contribution in [0.3, 0.4) is 0 Å². The van der Waals surface area contributed by atoms with Crippen LogP contribution in [-0.2, 0) is 0 Å². The molecule has 0 unspecified atom stereocenters. The van der Waals surface area contributed by atoms with Gasteiger partial charge in [0.25, 0.3) is 0 Å². The molecule has 17 heavy (non-hydrogen) atoms. The molecule has 0 heterocycles. The first-order valence-electron chi connectivity index (χ1n) is 6.60. The Hall–Kier alpha value is -0.823. The number of hydrogen-bond donors (Lipinski definition) is 0. The molecule has 2 aliphatic rings. The molecule has 0 aliphatic heterocycles. The molecule has 92 valence electrons. The van der Waals surface area contributed by atoms with Gasteiger partial charge in [-0.15, -0.1) is 0 Å². The zero-order valence-corrected chi connectivity index (χ0v) is 13.1. The first-order valence-corrected chi connectivity index (χ1v) is 9.60. The van der Waals surface area contributed by atoms with Crippen molar-refractivity contribution in [2.45, 2.75) is 53.6 Å². The third-order valence-corrected chi connectivity index (χ3v) is 8.46. The maximum atomic E-state index is 2.52. The van der Waals surface area contributed by atoms with E-state index in [1.54, 1.807) is 32.7 Å². The van der Waals surface area contributed by atoms with Crippen LogP contribution in [0.25, 0.3) is 0 Å². The fourth-order valence-corrected chi connectivity index (χ4v) is 8.64. The maximum Gasteiger partial charge on any atom is 0.112 e. The molecule has 0 bridgehead atoms. The van der Waals surface area contributed by atoms with Gasteiger partial charge in [0.1, 0.15) is 8.07 Å². The second-order valence-electron chi connectivity index (χ2n) is 6.12. The third-order valence-electron chi connectivity index (χ3n) is 4.32. The van der Waals surface area contributed by atoms with E-state index in [-0.39, 0.29) is 0 Å². The van der Waals surface area contributed by atoms with E-state index in [2.05, 4.69) is 52.9 Å².